The van der Waals surface area contributed by atoms with Crippen LogP contribution in [0.3, 0.4) is 0 Å². The van der Waals surface area contributed by atoms with Crippen molar-refractivity contribution >= 4 is 18.3 Å². The Hall–Kier alpha value is -0.320. The summed E-state index contributed by atoms with van der Waals surface area (Å²) in [5.41, 5.74) is 0. The minimum absolute atomic E-state index is 0. The highest BCUT2D eigenvalue weighted by Crippen LogP contribution is 2.22. The number of carbonyl (C=O) groups excluding carboxylic acids is 1. The molecule has 0 aromatic heterocycles. The molecule has 2 aliphatic heterocycles. The summed E-state index contributed by atoms with van der Waals surface area (Å²) in [6.07, 6.45) is 6.68. The Morgan fingerprint density at radius 1 is 1.39 bits per heavy atom. The first kappa shape index (κ1) is 15.7. The van der Waals surface area contributed by atoms with Crippen LogP contribution < -0.4 is 10.6 Å². The molecule has 0 aliphatic carbocycles. The van der Waals surface area contributed by atoms with Gasteiger partial charge in [0.15, 0.2) is 0 Å². The predicted molar refractivity (Wildman–Crippen MR) is 74.1 cm³/mol. The lowest BCUT2D eigenvalue weighted by atomic mass is 10.1. The van der Waals surface area contributed by atoms with Crippen molar-refractivity contribution < 1.29 is 9.53 Å². The van der Waals surface area contributed by atoms with E-state index in [1.54, 1.807) is 0 Å². The van der Waals surface area contributed by atoms with Gasteiger partial charge >= 0.3 is 0 Å². The molecule has 106 valence electrons. The Kier molecular flexibility index (Phi) is 6.97. The second kappa shape index (κ2) is 7.97. The highest BCUT2D eigenvalue weighted by Gasteiger charge is 2.23. The minimum atomic E-state index is 0. The molecule has 0 aromatic rings. The van der Waals surface area contributed by atoms with E-state index in [1.807, 2.05) is 0 Å². The maximum Gasteiger partial charge on any atom is 0.220 e. The van der Waals surface area contributed by atoms with E-state index in [-0.39, 0.29) is 18.3 Å². The molecule has 3 unspecified atom stereocenters. The van der Waals surface area contributed by atoms with Crippen molar-refractivity contribution in [1.82, 2.24) is 10.6 Å². The molecule has 3 atom stereocenters. The smallest absolute Gasteiger partial charge is 0.220 e. The minimum Gasteiger partial charge on any atom is -0.375 e. The normalized spacial score (nSPS) is 31.7. The Bertz CT molecular complexity index is 257. The van der Waals surface area contributed by atoms with Gasteiger partial charge in [0.25, 0.3) is 0 Å². The number of rotatable bonds is 4. The van der Waals surface area contributed by atoms with Gasteiger partial charge in [0.2, 0.25) is 5.91 Å². The van der Waals surface area contributed by atoms with Crippen LogP contribution in [-0.2, 0) is 9.53 Å². The van der Waals surface area contributed by atoms with Crippen molar-refractivity contribution in [3.05, 3.63) is 0 Å². The molecule has 0 bridgehead atoms. The molecular weight excluding hydrogens is 252 g/mol. The predicted octanol–water partition coefficient (Wildman–Crippen LogP) is 1.62. The van der Waals surface area contributed by atoms with Crippen LogP contribution in [0.25, 0.3) is 0 Å². The summed E-state index contributed by atoms with van der Waals surface area (Å²) >= 11 is 0. The van der Waals surface area contributed by atoms with Crippen LogP contribution in [0.5, 0.6) is 0 Å². The molecule has 0 spiro atoms. The van der Waals surface area contributed by atoms with Gasteiger partial charge in [-0.1, -0.05) is 0 Å². The van der Waals surface area contributed by atoms with Crippen molar-refractivity contribution in [2.75, 3.05) is 13.1 Å². The van der Waals surface area contributed by atoms with Crippen LogP contribution in [0.1, 0.15) is 45.4 Å². The van der Waals surface area contributed by atoms with Crippen molar-refractivity contribution in [2.24, 2.45) is 0 Å². The second-order valence-electron chi connectivity index (χ2n) is 5.30. The van der Waals surface area contributed by atoms with Crippen molar-refractivity contribution in [3.8, 4) is 0 Å². The molecule has 5 heteroatoms. The molecule has 2 rings (SSSR count). The highest BCUT2D eigenvalue weighted by atomic mass is 35.5. The number of ether oxygens (including phenoxy) is 1. The molecule has 2 aliphatic rings. The van der Waals surface area contributed by atoms with Crippen LogP contribution in [0.4, 0.5) is 0 Å². The largest absolute Gasteiger partial charge is 0.375 e. The number of nitrogens with one attached hydrogen (secondary N) is 2. The van der Waals surface area contributed by atoms with Gasteiger partial charge in [-0.15, -0.1) is 12.4 Å². The van der Waals surface area contributed by atoms with Gasteiger partial charge in [-0.05, 0) is 45.6 Å². The van der Waals surface area contributed by atoms with Crippen molar-refractivity contribution in [2.45, 2.75) is 63.7 Å². The third-order valence-electron chi connectivity index (χ3n) is 3.68. The zero-order valence-corrected chi connectivity index (χ0v) is 11.9. The topological polar surface area (TPSA) is 50.4 Å². The second-order valence-corrected chi connectivity index (χ2v) is 5.30. The molecular formula is C13H25ClN2O2. The van der Waals surface area contributed by atoms with Gasteiger partial charge in [-0.3, -0.25) is 4.79 Å². The van der Waals surface area contributed by atoms with Gasteiger partial charge in [0.1, 0.15) is 0 Å². The lowest BCUT2D eigenvalue weighted by Crippen LogP contribution is -2.45. The first-order chi connectivity index (χ1) is 8.24. The van der Waals surface area contributed by atoms with E-state index in [4.69, 9.17) is 4.74 Å². The fourth-order valence-electron chi connectivity index (χ4n) is 2.66. The van der Waals surface area contributed by atoms with Crippen LogP contribution in [0.15, 0.2) is 0 Å². The van der Waals surface area contributed by atoms with E-state index in [2.05, 4.69) is 17.6 Å². The Morgan fingerprint density at radius 2 is 2.22 bits per heavy atom. The molecule has 2 fully saturated rings. The molecule has 0 aromatic carbocycles. The van der Waals surface area contributed by atoms with Crippen LogP contribution in [0, 0.1) is 0 Å². The summed E-state index contributed by atoms with van der Waals surface area (Å²) in [6.45, 7) is 4.11. The zero-order valence-electron chi connectivity index (χ0n) is 11.1. The van der Waals surface area contributed by atoms with Crippen LogP contribution in [-0.4, -0.2) is 37.2 Å². The quantitative estimate of drug-likeness (QED) is 0.821. The van der Waals surface area contributed by atoms with Crippen molar-refractivity contribution in [1.29, 1.82) is 0 Å². The first-order valence-electron chi connectivity index (χ1n) is 6.89. The zero-order chi connectivity index (χ0) is 12.1. The van der Waals surface area contributed by atoms with Gasteiger partial charge in [0.05, 0.1) is 12.2 Å². The molecule has 18 heavy (non-hydrogen) atoms. The summed E-state index contributed by atoms with van der Waals surface area (Å²) in [4.78, 5) is 11.8. The Labute approximate surface area is 116 Å². The first-order valence-corrected chi connectivity index (χ1v) is 6.89. The van der Waals surface area contributed by atoms with Gasteiger partial charge in [0, 0.05) is 19.0 Å². The summed E-state index contributed by atoms with van der Waals surface area (Å²) in [7, 11) is 0. The summed E-state index contributed by atoms with van der Waals surface area (Å²) < 4.78 is 5.71. The lowest BCUT2D eigenvalue weighted by molar-refractivity contribution is -0.122. The maximum atomic E-state index is 11.8. The van der Waals surface area contributed by atoms with E-state index in [1.165, 1.54) is 0 Å². The van der Waals surface area contributed by atoms with E-state index < -0.39 is 0 Å². The third-order valence-corrected chi connectivity index (χ3v) is 3.68. The van der Waals surface area contributed by atoms with Gasteiger partial charge < -0.3 is 15.4 Å². The molecule has 2 N–H and O–H groups in total. The monoisotopic (exact) mass is 276 g/mol. The molecule has 2 heterocycles. The standard InChI is InChI=1S/C13H24N2O2.ClH/c1-10-4-5-12(17-10)6-7-13(16)15-11-3-2-8-14-9-11;/h10-12,14H,2-9H2,1H3,(H,15,16);1H. The van der Waals surface area contributed by atoms with Gasteiger partial charge in [-0.25, -0.2) is 0 Å². The highest BCUT2D eigenvalue weighted by molar-refractivity contribution is 5.85. The SMILES string of the molecule is CC1CCC(CCC(=O)NC2CCCNC2)O1.Cl. The number of amides is 1. The van der Waals surface area contributed by atoms with Crippen LogP contribution in [0.2, 0.25) is 0 Å². The summed E-state index contributed by atoms with van der Waals surface area (Å²) in [6, 6.07) is 0.333. The van der Waals surface area contributed by atoms with Gasteiger partial charge in [-0.2, -0.15) is 0 Å². The van der Waals surface area contributed by atoms with E-state index in [9.17, 15) is 4.79 Å². The molecule has 2 saturated heterocycles. The molecule has 0 saturated carbocycles. The average molecular weight is 277 g/mol. The molecule has 4 nitrogen and oxygen atoms in total. The van der Waals surface area contributed by atoms with E-state index in [0.29, 0.717) is 24.7 Å². The lowest BCUT2D eigenvalue weighted by Gasteiger charge is -2.24. The number of halogens is 1. The van der Waals surface area contributed by atoms with E-state index in [0.717, 1.165) is 45.2 Å². The third kappa shape index (κ3) is 5.12. The Morgan fingerprint density at radius 3 is 2.83 bits per heavy atom. The summed E-state index contributed by atoms with van der Waals surface area (Å²) in [5.74, 6) is 0.182. The number of carbonyl (C=O) groups is 1. The van der Waals surface area contributed by atoms with E-state index >= 15 is 0 Å². The Balaban J connectivity index is 0.00000162. The summed E-state index contributed by atoms with van der Waals surface area (Å²) in [5, 5.41) is 6.40. The maximum absolute atomic E-state index is 11.8. The fourth-order valence-corrected chi connectivity index (χ4v) is 2.66. The molecule has 1 amide bonds. The average Bonchev–Trinajstić information content (AvgIpc) is 2.74. The van der Waals surface area contributed by atoms with Crippen LogP contribution >= 0.6 is 12.4 Å². The number of hydrogen-bond acceptors (Lipinski definition) is 3. The van der Waals surface area contributed by atoms with Crippen molar-refractivity contribution in [3.63, 3.8) is 0 Å². The molecule has 0 radical (unpaired) electrons. The number of hydrogen-bond donors (Lipinski definition) is 2. The number of piperidine rings is 1. The fraction of sp³-hybridized carbons (Fsp3) is 0.923.